The van der Waals surface area contributed by atoms with Crippen molar-refractivity contribution in [3.05, 3.63) is 201 Å². The van der Waals surface area contributed by atoms with Crippen LogP contribution in [-0.4, -0.2) is 3.21 Å². The molecule has 6 aromatic rings. The summed E-state index contributed by atoms with van der Waals surface area (Å²) in [5, 5.41) is 1.53. The van der Waals surface area contributed by atoms with Gasteiger partial charge in [-0.15, -0.1) is 35.2 Å². The van der Waals surface area contributed by atoms with Crippen LogP contribution in [0.15, 0.2) is 146 Å². The Balaban J connectivity index is 0.000000252. The molecule has 0 unspecified atom stereocenters. The molecule has 0 atom stereocenters. The topological polar surface area (TPSA) is 0 Å². The molecule has 0 spiro atoms. The summed E-state index contributed by atoms with van der Waals surface area (Å²) in [6.07, 6.45) is 10.9. The van der Waals surface area contributed by atoms with Crippen LogP contribution in [0.3, 0.4) is 0 Å². The number of rotatable bonds is 4. The molecule has 8 rings (SSSR count). The molecule has 284 valence electrons. The minimum atomic E-state index is 0. The minimum Gasteiger partial charge on any atom is -1.00 e. The molecule has 56 heavy (non-hydrogen) atoms. The van der Waals surface area contributed by atoms with Crippen LogP contribution in [0.5, 0.6) is 0 Å². The monoisotopic (exact) mass is 888 g/mol. The van der Waals surface area contributed by atoms with Crippen LogP contribution in [-0.2, 0) is 41.5 Å². The predicted molar refractivity (Wildman–Crippen MR) is 229 cm³/mol. The second kappa shape index (κ2) is 19.9. The molecule has 5 heteroatoms. The molecule has 0 fully saturated rings. The second-order valence-corrected chi connectivity index (χ2v) is 17.9. The van der Waals surface area contributed by atoms with Crippen LogP contribution in [0, 0.1) is 12.1 Å². The second-order valence-electron chi connectivity index (χ2n) is 15.8. The summed E-state index contributed by atoms with van der Waals surface area (Å²) >= 11 is 13.1. The zero-order valence-corrected chi connectivity index (χ0v) is 38.3. The van der Waals surface area contributed by atoms with Gasteiger partial charge in [-0.2, -0.15) is 6.08 Å². The normalized spacial score (nSPS) is 12.2. The first-order chi connectivity index (χ1) is 25.8. The van der Waals surface area contributed by atoms with E-state index in [0.717, 1.165) is 22.9 Å². The van der Waals surface area contributed by atoms with Gasteiger partial charge in [-0.3, -0.25) is 6.08 Å². The van der Waals surface area contributed by atoms with Gasteiger partial charge in [-0.05, 0) is 39.5 Å². The van der Waals surface area contributed by atoms with Crippen LogP contribution in [0.25, 0.3) is 33.4 Å². The zero-order chi connectivity index (χ0) is 38.5. The van der Waals surface area contributed by atoms with Gasteiger partial charge in [-0.25, -0.2) is 12.2 Å². The van der Waals surface area contributed by atoms with Crippen molar-refractivity contribution in [3.63, 3.8) is 0 Å². The third-order valence-corrected chi connectivity index (χ3v) is 11.6. The summed E-state index contributed by atoms with van der Waals surface area (Å²) in [6, 6.07) is 48.7. The molecular weight excluding hydrogens is 846 g/mol. The van der Waals surface area contributed by atoms with Crippen molar-refractivity contribution in [2.24, 2.45) is 0 Å². The van der Waals surface area contributed by atoms with E-state index in [0.29, 0.717) is 0 Å². The number of allylic oxidation sites excluding steroid dienone is 4. The Morgan fingerprint density at radius 2 is 1.09 bits per heavy atom. The van der Waals surface area contributed by atoms with Gasteiger partial charge < -0.3 is 24.8 Å². The average Bonchev–Trinajstić information content (AvgIpc) is 3.86. The third kappa shape index (κ3) is 11.2. The van der Waals surface area contributed by atoms with E-state index in [2.05, 4.69) is 139 Å². The van der Waals surface area contributed by atoms with Crippen LogP contribution in [0.4, 0.5) is 0 Å². The summed E-state index contributed by atoms with van der Waals surface area (Å²) in [6.45, 7) is 13.9. The Bertz CT molecular complexity index is 2130. The molecule has 0 aliphatic heterocycles. The number of benzene rings is 6. The molecule has 2 aliphatic carbocycles. The van der Waals surface area contributed by atoms with E-state index >= 15 is 0 Å². The average molecular weight is 892 g/mol. The van der Waals surface area contributed by atoms with E-state index in [4.69, 9.17) is 23.2 Å². The molecule has 0 aromatic heterocycles. The summed E-state index contributed by atoms with van der Waals surface area (Å²) in [4.78, 5) is 0. The number of fused-ring (bicyclic) bond motifs is 3. The van der Waals surface area contributed by atoms with Crippen molar-refractivity contribution in [2.75, 3.05) is 0 Å². The van der Waals surface area contributed by atoms with E-state index in [9.17, 15) is 0 Å². The molecule has 0 saturated carbocycles. The summed E-state index contributed by atoms with van der Waals surface area (Å²) < 4.78 is 1.31. The van der Waals surface area contributed by atoms with Gasteiger partial charge in [0, 0.05) is 0 Å². The van der Waals surface area contributed by atoms with Crippen LogP contribution in [0.1, 0.15) is 81.3 Å². The van der Waals surface area contributed by atoms with E-state index < -0.39 is 0 Å². The molecule has 0 N–H and O–H groups in total. The number of hydrogen-bond donors (Lipinski definition) is 0. The largest absolute Gasteiger partial charge is 1.00 e. The van der Waals surface area contributed by atoms with Gasteiger partial charge in [0.15, 0.2) is 0 Å². The van der Waals surface area contributed by atoms with E-state index in [1.165, 1.54) is 94.2 Å². The fraction of sp³-hybridized carbons (Fsp3) is 0.196. The van der Waals surface area contributed by atoms with Crippen molar-refractivity contribution in [1.82, 2.24) is 0 Å². The van der Waals surface area contributed by atoms with Gasteiger partial charge in [0.25, 0.3) is 0 Å². The maximum absolute atomic E-state index is 5.86. The van der Waals surface area contributed by atoms with E-state index in [1.54, 1.807) is 0 Å². The minimum absolute atomic E-state index is 0. The molecular formula is C51H46Cl4Zr-2. The van der Waals surface area contributed by atoms with Gasteiger partial charge >= 0.3 is 120 Å². The van der Waals surface area contributed by atoms with E-state index in [-0.39, 0.29) is 35.6 Å². The molecule has 0 saturated heterocycles. The first kappa shape index (κ1) is 45.4. The van der Waals surface area contributed by atoms with Gasteiger partial charge in [0.2, 0.25) is 0 Å². The maximum atomic E-state index is 5.86. The molecule has 0 amide bonds. The van der Waals surface area contributed by atoms with Gasteiger partial charge in [0.1, 0.15) is 0 Å². The molecule has 0 bridgehead atoms. The quantitative estimate of drug-likeness (QED) is 0.156. The van der Waals surface area contributed by atoms with Gasteiger partial charge in [0.05, 0.1) is 0 Å². The molecule has 0 radical (unpaired) electrons. The van der Waals surface area contributed by atoms with Crippen molar-refractivity contribution in [2.45, 2.75) is 65.2 Å². The first-order valence-corrected chi connectivity index (χ1v) is 20.5. The Labute approximate surface area is 372 Å². The molecule has 0 nitrogen and oxygen atoms in total. The predicted octanol–water partition coefficient (Wildman–Crippen LogP) is 8.41. The smallest absolute Gasteiger partial charge is 0.109 e. The summed E-state index contributed by atoms with van der Waals surface area (Å²) in [5.74, 6) is 0. The van der Waals surface area contributed by atoms with Crippen molar-refractivity contribution < 1.29 is 49.0 Å². The first-order valence-electron chi connectivity index (χ1n) is 18.5. The van der Waals surface area contributed by atoms with Crippen molar-refractivity contribution >= 4 is 26.4 Å². The van der Waals surface area contributed by atoms with Crippen molar-refractivity contribution in [3.8, 4) is 33.4 Å². The zero-order valence-electron chi connectivity index (χ0n) is 32.8. The van der Waals surface area contributed by atoms with Crippen LogP contribution < -0.4 is 24.8 Å². The Morgan fingerprint density at radius 3 is 1.54 bits per heavy atom. The molecule has 2 aliphatic rings. The Morgan fingerprint density at radius 1 is 0.589 bits per heavy atom. The van der Waals surface area contributed by atoms with Crippen molar-refractivity contribution in [1.29, 1.82) is 0 Å². The fourth-order valence-electron chi connectivity index (χ4n) is 6.84. The number of halogens is 4. The summed E-state index contributed by atoms with van der Waals surface area (Å²) in [7, 11) is 0. The Kier molecular flexibility index (Phi) is 16.2. The fourth-order valence-corrected chi connectivity index (χ4v) is 7.91. The standard InChI is InChI=1S/C33H33.C13H8Cl2.C5H5.2ClH.Zr/c1-32(2,3)30-20-26-24(18-28(30)22-13-9-7-10-14-22)17-25-19-29(23-15-11-8-12-16-23)31(21-27(25)26)33(4,5)6;14-12-5-1-10(2-6-12)9-11-3-7-13(15)8-4-11;1-2-4-5-3-1;;;/h7-16,18,20-21H,17H2,1-6H3;1-8H;1-3H,4H2;2*1H;/q-1;;-1;;;+2/p-2. The van der Waals surface area contributed by atoms with Crippen LogP contribution >= 0.6 is 23.2 Å². The Hall–Kier alpha value is -3.29. The SMILES string of the molecule is CC(C)(C)c1cc2c([c-]c1-c1ccccc1)Cc1cc(-c3ccccc3)c(C(C)(C)C)cc1-2.Clc1ccc([C](=[Zr+2])c2ccc(Cl)cc2)cc1.[C-]1=CC=CC1.[Cl-].[Cl-]. The molecule has 0 heterocycles. The number of hydrogen-bond acceptors (Lipinski definition) is 0. The maximum Gasteiger partial charge on any atom is -0.109 e. The van der Waals surface area contributed by atoms with Gasteiger partial charge in [-0.1, -0.05) is 131 Å². The van der Waals surface area contributed by atoms with E-state index in [1.807, 2.05) is 60.7 Å². The summed E-state index contributed by atoms with van der Waals surface area (Å²) in [5.41, 5.74) is 15.9. The molecule has 6 aromatic carbocycles. The third-order valence-electron chi connectivity index (χ3n) is 9.67. The van der Waals surface area contributed by atoms with Crippen LogP contribution in [0.2, 0.25) is 10.0 Å².